The number of anilines is 1. The van der Waals surface area contributed by atoms with E-state index in [1.54, 1.807) is 18.3 Å². The molecule has 1 atom stereocenters. The number of nitrogens with one attached hydrogen (secondary N) is 1. The number of carbonyl (C=O) groups is 1. The van der Waals surface area contributed by atoms with E-state index in [4.69, 9.17) is 10.9 Å². The fourth-order valence-electron chi connectivity index (χ4n) is 2.50. The van der Waals surface area contributed by atoms with Crippen molar-refractivity contribution >= 4 is 11.7 Å². The predicted molar refractivity (Wildman–Crippen MR) is 72.4 cm³/mol. The Hall–Kier alpha value is -1.66. The lowest BCUT2D eigenvalue weighted by atomic mass is 10.1. The highest BCUT2D eigenvalue weighted by molar-refractivity contribution is 5.94. The van der Waals surface area contributed by atoms with Gasteiger partial charge in [0.05, 0.1) is 5.56 Å². The van der Waals surface area contributed by atoms with Crippen molar-refractivity contribution in [2.75, 3.05) is 18.6 Å². The standard InChI is InChI=1S/C13H20N4O2/c14-16-12-6-5-10(9-15-12)13(19)17-7-1-3-11(17)4-2-8-18/h5-6,9,11,18H,1-4,7-8,14H2,(H,15,16). The monoisotopic (exact) mass is 264 g/mol. The summed E-state index contributed by atoms with van der Waals surface area (Å²) in [7, 11) is 0. The van der Waals surface area contributed by atoms with Gasteiger partial charge in [-0.25, -0.2) is 10.8 Å². The van der Waals surface area contributed by atoms with E-state index in [9.17, 15) is 4.79 Å². The minimum atomic E-state index is 0.0107. The van der Waals surface area contributed by atoms with Gasteiger partial charge in [0.2, 0.25) is 0 Å². The Kier molecular flexibility index (Phi) is 4.70. The first-order chi connectivity index (χ1) is 9.26. The van der Waals surface area contributed by atoms with Crippen molar-refractivity contribution in [2.24, 2.45) is 5.84 Å². The van der Waals surface area contributed by atoms with Crippen LogP contribution in [0, 0.1) is 0 Å². The van der Waals surface area contributed by atoms with Crippen LogP contribution in [0.15, 0.2) is 18.3 Å². The molecule has 2 heterocycles. The van der Waals surface area contributed by atoms with Crippen LogP contribution in [0.3, 0.4) is 0 Å². The Morgan fingerprint density at radius 2 is 2.42 bits per heavy atom. The lowest BCUT2D eigenvalue weighted by Gasteiger charge is -2.24. The Bertz CT molecular complexity index is 421. The highest BCUT2D eigenvalue weighted by Gasteiger charge is 2.28. The van der Waals surface area contributed by atoms with Crippen molar-refractivity contribution in [1.29, 1.82) is 0 Å². The number of nitrogens with two attached hydrogens (primary N) is 1. The number of carbonyl (C=O) groups excluding carboxylic acids is 1. The van der Waals surface area contributed by atoms with Gasteiger partial charge in [-0.2, -0.15) is 0 Å². The van der Waals surface area contributed by atoms with Gasteiger partial charge in [0.1, 0.15) is 5.82 Å². The smallest absolute Gasteiger partial charge is 0.255 e. The van der Waals surface area contributed by atoms with Crippen molar-refractivity contribution in [3.8, 4) is 0 Å². The van der Waals surface area contributed by atoms with Crippen LogP contribution in [0.4, 0.5) is 5.82 Å². The zero-order chi connectivity index (χ0) is 13.7. The third-order valence-corrected chi connectivity index (χ3v) is 3.49. The number of aliphatic hydroxyl groups is 1. The van der Waals surface area contributed by atoms with Gasteiger partial charge in [0.25, 0.3) is 5.91 Å². The van der Waals surface area contributed by atoms with Gasteiger partial charge in [0, 0.05) is 25.4 Å². The second kappa shape index (κ2) is 6.49. The molecule has 1 aliphatic heterocycles. The predicted octanol–water partition coefficient (Wildman–Crippen LogP) is 0.744. The van der Waals surface area contributed by atoms with Crippen LogP contribution in [-0.4, -0.2) is 40.1 Å². The van der Waals surface area contributed by atoms with Crippen LogP contribution in [0.1, 0.15) is 36.0 Å². The largest absolute Gasteiger partial charge is 0.396 e. The summed E-state index contributed by atoms with van der Waals surface area (Å²) in [5.74, 6) is 5.79. The number of nitrogen functional groups attached to an aromatic ring is 1. The van der Waals surface area contributed by atoms with Crippen LogP contribution in [0.5, 0.6) is 0 Å². The molecule has 0 spiro atoms. The van der Waals surface area contributed by atoms with Gasteiger partial charge in [-0.3, -0.25) is 4.79 Å². The van der Waals surface area contributed by atoms with E-state index in [-0.39, 0.29) is 18.6 Å². The second-order valence-corrected chi connectivity index (χ2v) is 4.74. The Labute approximate surface area is 112 Å². The maximum Gasteiger partial charge on any atom is 0.255 e. The van der Waals surface area contributed by atoms with E-state index < -0.39 is 0 Å². The molecule has 1 fully saturated rings. The molecule has 0 saturated carbocycles. The molecule has 0 aliphatic carbocycles. The number of pyridine rings is 1. The number of rotatable bonds is 5. The Morgan fingerprint density at radius 3 is 3.05 bits per heavy atom. The van der Waals surface area contributed by atoms with Crippen molar-refractivity contribution < 1.29 is 9.90 Å². The van der Waals surface area contributed by atoms with E-state index in [1.807, 2.05) is 4.90 Å². The van der Waals surface area contributed by atoms with Gasteiger partial charge in [-0.1, -0.05) is 0 Å². The molecule has 2 rings (SSSR count). The number of hydrogen-bond acceptors (Lipinski definition) is 5. The number of hydrogen-bond donors (Lipinski definition) is 3. The topological polar surface area (TPSA) is 91.5 Å². The van der Waals surface area contributed by atoms with Crippen LogP contribution >= 0.6 is 0 Å². The van der Waals surface area contributed by atoms with Gasteiger partial charge >= 0.3 is 0 Å². The summed E-state index contributed by atoms with van der Waals surface area (Å²) < 4.78 is 0. The second-order valence-electron chi connectivity index (χ2n) is 4.74. The van der Waals surface area contributed by atoms with Crippen molar-refractivity contribution in [3.05, 3.63) is 23.9 Å². The van der Waals surface area contributed by atoms with E-state index in [1.165, 1.54) is 0 Å². The highest BCUT2D eigenvalue weighted by Crippen LogP contribution is 2.23. The first-order valence-electron chi connectivity index (χ1n) is 6.60. The van der Waals surface area contributed by atoms with E-state index in [0.717, 1.165) is 32.2 Å². The lowest BCUT2D eigenvalue weighted by molar-refractivity contribution is 0.0724. The minimum Gasteiger partial charge on any atom is -0.396 e. The van der Waals surface area contributed by atoms with E-state index in [0.29, 0.717) is 11.4 Å². The fourth-order valence-corrected chi connectivity index (χ4v) is 2.50. The number of nitrogens with zero attached hydrogens (tertiary/aromatic N) is 2. The SMILES string of the molecule is NNc1ccc(C(=O)N2CCCC2CCCO)cn1. The molecule has 1 aromatic rings. The first kappa shape index (κ1) is 13.8. The number of likely N-dealkylation sites (tertiary alicyclic amines) is 1. The summed E-state index contributed by atoms with van der Waals surface area (Å²) in [6.45, 7) is 0.961. The molecule has 0 bridgehead atoms. The molecule has 0 radical (unpaired) electrons. The average Bonchev–Trinajstić information content (AvgIpc) is 2.92. The zero-order valence-electron chi connectivity index (χ0n) is 10.9. The number of aromatic nitrogens is 1. The van der Waals surface area contributed by atoms with Crippen molar-refractivity contribution in [2.45, 2.75) is 31.7 Å². The molecular weight excluding hydrogens is 244 g/mol. The van der Waals surface area contributed by atoms with Crippen LogP contribution < -0.4 is 11.3 Å². The normalized spacial score (nSPS) is 18.6. The molecule has 104 valence electrons. The Morgan fingerprint density at radius 1 is 1.58 bits per heavy atom. The number of hydrazine groups is 1. The van der Waals surface area contributed by atoms with Gasteiger partial charge in [-0.15, -0.1) is 0 Å². The van der Waals surface area contributed by atoms with Gasteiger partial charge in [0.15, 0.2) is 0 Å². The summed E-state index contributed by atoms with van der Waals surface area (Å²) in [6, 6.07) is 3.66. The van der Waals surface area contributed by atoms with Gasteiger partial charge in [-0.05, 0) is 37.8 Å². The molecule has 1 aliphatic rings. The summed E-state index contributed by atoms with van der Waals surface area (Å²) in [5, 5.41) is 8.89. The average molecular weight is 264 g/mol. The number of amides is 1. The molecule has 6 nitrogen and oxygen atoms in total. The quantitative estimate of drug-likeness (QED) is 0.539. The molecule has 6 heteroatoms. The van der Waals surface area contributed by atoms with Crippen molar-refractivity contribution in [3.63, 3.8) is 0 Å². The molecule has 19 heavy (non-hydrogen) atoms. The maximum absolute atomic E-state index is 12.4. The maximum atomic E-state index is 12.4. The fraction of sp³-hybridized carbons (Fsp3) is 0.538. The summed E-state index contributed by atoms with van der Waals surface area (Å²) in [5.41, 5.74) is 3.01. The third kappa shape index (κ3) is 3.21. The summed E-state index contributed by atoms with van der Waals surface area (Å²) in [6.07, 6.45) is 5.18. The van der Waals surface area contributed by atoms with Crippen LogP contribution in [-0.2, 0) is 0 Å². The molecule has 1 saturated heterocycles. The zero-order valence-corrected chi connectivity index (χ0v) is 10.9. The van der Waals surface area contributed by atoms with E-state index in [2.05, 4.69) is 10.4 Å². The molecule has 0 aromatic carbocycles. The molecule has 4 N–H and O–H groups in total. The molecular formula is C13H20N4O2. The van der Waals surface area contributed by atoms with E-state index >= 15 is 0 Å². The summed E-state index contributed by atoms with van der Waals surface area (Å²) >= 11 is 0. The molecule has 1 unspecified atom stereocenters. The van der Waals surface area contributed by atoms with Crippen LogP contribution in [0.2, 0.25) is 0 Å². The van der Waals surface area contributed by atoms with Gasteiger partial charge < -0.3 is 15.4 Å². The first-order valence-corrected chi connectivity index (χ1v) is 6.60. The van der Waals surface area contributed by atoms with Crippen LogP contribution in [0.25, 0.3) is 0 Å². The lowest BCUT2D eigenvalue weighted by Crippen LogP contribution is -2.35. The minimum absolute atomic E-state index is 0.0107. The Balaban J connectivity index is 2.04. The molecule has 1 amide bonds. The highest BCUT2D eigenvalue weighted by atomic mass is 16.3. The third-order valence-electron chi connectivity index (χ3n) is 3.49. The summed E-state index contributed by atoms with van der Waals surface area (Å²) in [4.78, 5) is 18.3. The number of aliphatic hydroxyl groups excluding tert-OH is 1. The molecule has 1 aromatic heterocycles. The van der Waals surface area contributed by atoms with Crippen molar-refractivity contribution in [1.82, 2.24) is 9.88 Å².